The first-order chi connectivity index (χ1) is 20.1. The Labute approximate surface area is 260 Å². The van der Waals surface area contributed by atoms with E-state index in [-0.39, 0.29) is 29.4 Å². The van der Waals surface area contributed by atoms with Gasteiger partial charge >= 0.3 is 0 Å². The van der Waals surface area contributed by atoms with Gasteiger partial charge in [0.2, 0.25) is 0 Å². The molecule has 1 aromatic carbocycles. The third kappa shape index (κ3) is 9.93. The van der Waals surface area contributed by atoms with Crippen LogP contribution in [0.2, 0.25) is 25.7 Å². The highest BCUT2D eigenvalue weighted by molar-refractivity contribution is 7.80. The summed E-state index contributed by atoms with van der Waals surface area (Å²) < 4.78 is 49.9. The molecule has 3 N–H and O–H groups in total. The highest BCUT2D eigenvalue weighted by Crippen LogP contribution is 2.38. The summed E-state index contributed by atoms with van der Waals surface area (Å²) in [4.78, 5) is 4.54. The molecule has 0 spiro atoms. The Bertz CT molecular complexity index is 1370. The molecule has 0 saturated heterocycles. The first kappa shape index (κ1) is 34.8. The molecule has 0 aliphatic heterocycles. The third-order valence-corrected chi connectivity index (χ3v) is 8.84. The van der Waals surface area contributed by atoms with E-state index < -0.39 is 30.9 Å². The molecule has 1 atom stereocenters. The maximum atomic E-state index is 15.3. The van der Waals surface area contributed by atoms with Crippen LogP contribution in [0, 0.1) is 17.0 Å². The van der Waals surface area contributed by atoms with E-state index in [1.54, 1.807) is 12.3 Å². The summed E-state index contributed by atoms with van der Waals surface area (Å²) in [6.45, 7) is 18.1. The van der Waals surface area contributed by atoms with Gasteiger partial charge in [0.05, 0.1) is 24.7 Å². The number of hydrogen-bond donors (Lipinski definition) is 3. The van der Waals surface area contributed by atoms with Crippen molar-refractivity contribution in [1.29, 1.82) is 0 Å². The number of ether oxygens (including phenoxy) is 3. The third-order valence-electron chi connectivity index (χ3n) is 6.89. The number of aromatic nitrogens is 2. The lowest BCUT2D eigenvalue weighted by molar-refractivity contribution is -0.00872. The highest BCUT2D eigenvalue weighted by atomic mass is 32.1. The molecule has 238 valence electrons. The number of aliphatic hydroxyl groups is 1. The number of nitrogens with one attached hydrogen (secondary N) is 2. The van der Waals surface area contributed by atoms with Crippen molar-refractivity contribution in [2.75, 3.05) is 31.7 Å². The second-order valence-electron chi connectivity index (χ2n) is 13.1. The van der Waals surface area contributed by atoms with Gasteiger partial charge in [-0.2, -0.15) is 0 Å². The fourth-order valence-corrected chi connectivity index (χ4v) is 5.15. The van der Waals surface area contributed by atoms with Crippen LogP contribution in [0.4, 0.5) is 14.5 Å². The van der Waals surface area contributed by atoms with Crippen molar-refractivity contribution in [3.8, 4) is 11.5 Å². The fraction of sp³-hybridized carbons (Fsp3) is 0.548. The molecule has 8 nitrogen and oxygen atoms in total. The molecule has 12 heteroatoms. The summed E-state index contributed by atoms with van der Waals surface area (Å²) in [6, 6.07) is 4.90. The number of anilines is 1. The summed E-state index contributed by atoms with van der Waals surface area (Å²) in [6.07, 6.45) is 3.54. The maximum absolute atomic E-state index is 15.3. The Morgan fingerprint density at radius 2 is 1.84 bits per heavy atom. The second-order valence-corrected chi connectivity index (χ2v) is 19.1. The minimum absolute atomic E-state index is 0.0152. The number of fused-ring (bicyclic) bond motifs is 1. The van der Waals surface area contributed by atoms with Crippen LogP contribution in [-0.2, 0) is 16.2 Å². The van der Waals surface area contributed by atoms with Crippen molar-refractivity contribution in [2.45, 2.75) is 79.1 Å². The zero-order valence-corrected chi connectivity index (χ0v) is 28.3. The Hall–Kier alpha value is -2.64. The van der Waals surface area contributed by atoms with Crippen LogP contribution >= 0.6 is 12.2 Å². The van der Waals surface area contributed by atoms with Crippen LogP contribution in [0.5, 0.6) is 11.5 Å². The molecule has 0 aliphatic carbocycles. The quantitative estimate of drug-likeness (QED) is 0.0913. The maximum Gasteiger partial charge on any atom is 0.198 e. The van der Waals surface area contributed by atoms with E-state index in [1.807, 2.05) is 45.4 Å². The SMILES string of the molecule is CC(C)OC[C@@](C)(CO)CNC(=S)Nc1cc(F)c(Oc2ccnc3c2c(C(C)C)cn3COCC[Si](C)(C)C)c(F)c1. The van der Waals surface area contributed by atoms with Crippen LogP contribution in [0.3, 0.4) is 0 Å². The van der Waals surface area contributed by atoms with Crippen LogP contribution in [0.15, 0.2) is 30.6 Å². The van der Waals surface area contributed by atoms with E-state index in [9.17, 15) is 5.11 Å². The van der Waals surface area contributed by atoms with Gasteiger partial charge in [-0.15, -0.1) is 0 Å². The number of benzene rings is 1. The second kappa shape index (κ2) is 14.9. The lowest BCUT2D eigenvalue weighted by Gasteiger charge is -2.29. The van der Waals surface area contributed by atoms with Crippen molar-refractivity contribution in [3.63, 3.8) is 0 Å². The number of rotatable bonds is 15. The molecule has 0 amide bonds. The number of halogens is 2. The summed E-state index contributed by atoms with van der Waals surface area (Å²) in [5, 5.41) is 16.4. The number of aliphatic hydroxyl groups excluding tert-OH is 1. The van der Waals surface area contributed by atoms with Gasteiger partial charge in [-0.1, -0.05) is 40.4 Å². The summed E-state index contributed by atoms with van der Waals surface area (Å²) in [7, 11) is -1.23. The Morgan fingerprint density at radius 3 is 2.42 bits per heavy atom. The van der Waals surface area contributed by atoms with Gasteiger partial charge in [0.25, 0.3) is 0 Å². The van der Waals surface area contributed by atoms with Gasteiger partial charge < -0.3 is 34.5 Å². The van der Waals surface area contributed by atoms with Crippen LogP contribution < -0.4 is 15.4 Å². The molecular weight excluding hydrogens is 591 g/mol. The number of hydrogen-bond acceptors (Lipinski definition) is 6. The Balaban J connectivity index is 1.77. The minimum Gasteiger partial charge on any atom is -0.450 e. The molecule has 0 unspecified atom stereocenters. The molecule has 3 rings (SSSR count). The number of pyridine rings is 1. The van der Waals surface area contributed by atoms with Crippen molar-refractivity contribution in [2.24, 2.45) is 5.41 Å². The van der Waals surface area contributed by atoms with Crippen molar-refractivity contribution >= 4 is 42.1 Å². The van der Waals surface area contributed by atoms with Gasteiger partial charge in [0.15, 0.2) is 22.5 Å². The first-order valence-corrected chi connectivity index (χ1v) is 18.7. The molecule has 43 heavy (non-hydrogen) atoms. The van der Waals surface area contributed by atoms with Crippen LogP contribution in [0.1, 0.15) is 46.1 Å². The van der Waals surface area contributed by atoms with E-state index in [1.165, 1.54) is 0 Å². The van der Waals surface area contributed by atoms with Crippen LogP contribution in [0.25, 0.3) is 11.0 Å². The molecule has 0 aliphatic rings. The standard InChI is InChI=1S/C31H46F2N4O4SSi/c1-20(2)23-15-37(19-39-11-12-43(6,7)8)29-27(23)26(9-10-34-29)41-28-24(32)13-22(14-25(28)33)36-30(42)35-16-31(5,17-38)18-40-21(3)4/h9-10,13-15,20-21,38H,11-12,16-19H2,1-8H3,(H2,35,36,42)/t31-/m1/s1. The zero-order valence-electron chi connectivity index (χ0n) is 26.5. The van der Waals surface area contributed by atoms with Gasteiger partial charge in [0, 0.05) is 56.9 Å². The van der Waals surface area contributed by atoms with Crippen molar-refractivity contribution in [3.05, 3.63) is 47.8 Å². The van der Waals surface area contributed by atoms with Gasteiger partial charge in [-0.3, -0.25) is 0 Å². The number of nitrogens with zero attached hydrogens (tertiary/aromatic N) is 2. The molecule has 2 aromatic heterocycles. The average molecular weight is 637 g/mol. The largest absolute Gasteiger partial charge is 0.450 e. The number of thiocarbonyl (C=S) groups is 1. The average Bonchev–Trinajstić information content (AvgIpc) is 3.30. The fourth-order valence-electron chi connectivity index (χ4n) is 4.21. The molecular formula is C31H46F2N4O4SSi. The van der Waals surface area contributed by atoms with E-state index in [0.717, 1.165) is 23.7 Å². The van der Waals surface area contributed by atoms with E-state index in [2.05, 4.69) is 35.3 Å². The Kier molecular flexibility index (Phi) is 12.1. The van der Waals surface area contributed by atoms with Gasteiger partial charge in [-0.05, 0) is 49.7 Å². The van der Waals surface area contributed by atoms with Crippen LogP contribution in [-0.4, -0.2) is 60.3 Å². The molecule has 0 bridgehead atoms. The molecule has 2 heterocycles. The molecule has 0 saturated carbocycles. The first-order valence-electron chi connectivity index (χ1n) is 14.6. The van der Waals surface area contributed by atoms with Gasteiger partial charge in [0.1, 0.15) is 18.1 Å². The minimum atomic E-state index is -1.23. The molecule has 0 fully saturated rings. The smallest absolute Gasteiger partial charge is 0.198 e. The zero-order chi connectivity index (χ0) is 31.9. The van der Waals surface area contributed by atoms with Crippen molar-refractivity contribution in [1.82, 2.24) is 14.9 Å². The molecule has 3 aromatic rings. The molecule has 0 radical (unpaired) electrons. The lowest BCUT2D eigenvalue weighted by atomic mass is 9.93. The van der Waals surface area contributed by atoms with E-state index in [0.29, 0.717) is 43.3 Å². The predicted molar refractivity (Wildman–Crippen MR) is 175 cm³/mol. The summed E-state index contributed by atoms with van der Waals surface area (Å²) in [5.41, 5.74) is 1.09. The monoisotopic (exact) mass is 636 g/mol. The highest BCUT2D eigenvalue weighted by Gasteiger charge is 2.25. The van der Waals surface area contributed by atoms with E-state index >= 15 is 8.78 Å². The normalized spacial score (nSPS) is 13.5. The predicted octanol–water partition coefficient (Wildman–Crippen LogP) is 7.25. The van der Waals surface area contributed by atoms with Crippen molar-refractivity contribution < 1.29 is 28.1 Å². The Morgan fingerprint density at radius 1 is 1.16 bits per heavy atom. The summed E-state index contributed by atoms with van der Waals surface area (Å²) >= 11 is 5.32. The summed E-state index contributed by atoms with van der Waals surface area (Å²) in [5.74, 6) is -1.89. The topological polar surface area (TPSA) is 89.8 Å². The van der Waals surface area contributed by atoms with Gasteiger partial charge in [-0.25, -0.2) is 13.8 Å². The van der Waals surface area contributed by atoms with E-state index in [4.69, 9.17) is 26.4 Å². The lowest BCUT2D eigenvalue weighted by Crippen LogP contribution is -2.43.